The fourth-order valence-corrected chi connectivity index (χ4v) is 20.4. The Balaban J connectivity index is 0.000000104. The molecule has 0 amide bonds. The zero-order valence-electron chi connectivity index (χ0n) is 85.1. The largest absolute Gasteiger partial charge is 0.454 e. The number of aromatic nitrogens is 5. The van der Waals surface area contributed by atoms with Crippen LogP contribution in [0.5, 0.6) is 0 Å². The Kier molecular flexibility index (Phi) is 18.2. The normalized spacial score (nSPS) is 18.2. The summed E-state index contributed by atoms with van der Waals surface area (Å²) < 4.78 is 106. The van der Waals surface area contributed by atoms with E-state index in [-0.39, 0.29) is 18.5 Å². The van der Waals surface area contributed by atoms with Crippen LogP contribution in [0.15, 0.2) is 296 Å². The summed E-state index contributed by atoms with van der Waals surface area (Å²) in [7, 11) is 0. The lowest BCUT2D eigenvalue weighted by Crippen LogP contribution is -2.42. The lowest BCUT2D eigenvalue weighted by atomic mass is 10.1. The van der Waals surface area contributed by atoms with E-state index in [1.54, 1.807) is 30.7 Å². The van der Waals surface area contributed by atoms with Gasteiger partial charge in [0.15, 0.2) is 57.0 Å². The highest BCUT2D eigenvalue weighted by Gasteiger charge is 2.44. The maximum absolute atomic E-state index is 8.70. The Morgan fingerprint density at radius 2 is 0.489 bits per heavy atom. The van der Waals surface area contributed by atoms with Crippen molar-refractivity contribution in [2.24, 2.45) is 0 Å². The maximum atomic E-state index is 8.70. The first-order valence-electron chi connectivity index (χ1n) is 49.1. The topological polar surface area (TPSA) is 163 Å². The van der Waals surface area contributed by atoms with Crippen molar-refractivity contribution < 1.29 is 34.4 Å². The molecule has 10 aromatic carbocycles. The molecular formula is C111H107N15O5. The van der Waals surface area contributed by atoms with Crippen molar-refractivity contribution in [3.05, 3.63) is 301 Å². The summed E-state index contributed by atoms with van der Waals surface area (Å²) in [6, 6.07) is 78.3. The number of nitrogens with zero attached hydrogens (tertiary/aromatic N) is 15. The molecule has 0 radical (unpaired) electrons. The first-order valence-corrected chi connectivity index (χ1v) is 44.6. The summed E-state index contributed by atoms with van der Waals surface area (Å²) >= 11 is 0. The molecule has 131 heavy (non-hydrogen) atoms. The Labute approximate surface area is 775 Å². The number of para-hydroxylation sites is 5. The molecule has 25 rings (SSSR count). The van der Waals surface area contributed by atoms with Crippen molar-refractivity contribution in [1.82, 2.24) is 24.9 Å². The number of pyridine rings is 5. The summed E-state index contributed by atoms with van der Waals surface area (Å²) in [5.74, 6) is 3.66. The van der Waals surface area contributed by atoms with Crippen LogP contribution >= 0.6 is 0 Å². The van der Waals surface area contributed by atoms with E-state index in [9.17, 15) is 0 Å². The molecule has 0 fully saturated rings. The third kappa shape index (κ3) is 13.3. The second-order valence-electron chi connectivity index (χ2n) is 35.0. The quantitative estimate of drug-likeness (QED) is 0.141. The van der Waals surface area contributed by atoms with Crippen LogP contribution in [0.3, 0.4) is 0 Å². The molecule has 15 heterocycles. The molecule has 0 saturated carbocycles. The molecular weight excluding hydrogens is 1620 g/mol. The SMILES string of the molecule is [2H]C(C)(C)N1c2cccnc2N(c2c(C)ccc3c2oc2ccccc23)C1C.[2H]C(C)(C)N1c2cccnc2N(c2c(C)ccc3c2oc2ccccc23)C1C.[2H]C(C)(C)N1c2ncccc2N(c2c(C)ccc3c2oc2ccccc23)C1C.[2H]C([2H])([2H])N1c2cccnc2N(c2c(C)ccc3c2oc2ccccc23)C1C.[2H]C([2H])([2H])N1c2ncccc2N(c2c(C)ccc3c2oc2ccccc23)C1C. The van der Waals surface area contributed by atoms with Gasteiger partial charge in [0.05, 0.1) is 61.0 Å². The molecule has 20 heteroatoms. The van der Waals surface area contributed by atoms with Crippen LogP contribution in [0, 0.1) is 34.6 Å². The molecule has 0 aliphatic carbocycles. The van der Waals surface area contributed by atoms with Crippen LogP contribution in [-0.4, -0.2) is 87.8 Å². The fraction of sp³-hybridized carbons (Fsp3) is 0.234. The van der Waals surface area contributed by atoms with Gasteiger partial charge in [-0.25, -0.2) is 24.9 Å². The van der Waals surface area contributed by atoms with Gasteiger partial charge in [-0.05, 0) is 230 Å². The molecule has 0 N–H and O–H groups in total. The molecule has 0 saturated heterocycles. The number of furan rings is 5. The van der Waals surface area contributed by atoms with E-state index in [1.807, 2.05) is 243 Å². The van der Waals surface area contributed by atoms with Crippen LogP contribution in [0.25, 0.3) is 110 Å². The second-order valence-corrected chi connectivity index (χ2v) is 35.0. The maximum Gasteiger partial charge on any atom is 0.159 e. The van der Waals surface area contributed by atoms with Gasteiger partial charge in [0.25, 0.3) is 0 Å². The van der Waals surface area contributed by atoms with Crippen LogP contribution in [-0.2, 0) is 0 Å². The third-order valence-corrected chi connectivity index (χ3v) is 26.3. The molecule has 10 aromatic heterocycles. The Bertz CT molecular complexity index is 7160. The zero-order chi connectivity index (χ0) is 98.1. The molecule has 5 atom stereocenters. The summed E-state index contributed by atoms with van der Waals surface area (Å²) in [5.41, 5.74) is 23.0. The number of hydrogen-bond donors (Lipinski definition) is 0. The minimum atomic E-state index is -2.30. The summed E-state index contributed by atoms with van der Waals surface area (Å²) in [5, 5.41) is 10.8. The summed E-state index contributed by atoms with van der Waals surface area (Å²) in [6.45, 7) is 27.4. The molecule has 5 aliphatic rings. The highest BCUT2D eigenvalue weighted by Crippen LogP contribution is 2.55. The van der Waals surface area contributed by atoms with E-state index in [4.69, 9.17) is 44.4 Å². The lowest BCUT2D eigenvalue weighted by molar-refractivity contribution is 0.598. The number of fused-ring (bicyclic) bond motifs is 20. The standard InChI is InChI=1S/3C23H23N3O.2C21H19N3O/c1-14(2)25-16(4)26(19-9-7-13-24-23(19)25)21-15(3)11-12-18-17-8-5-6-10-20(17)27-22(18)21;2*1-14(2)25-16(4)26(23-19(25)9-7-13-24-23)21-15(3)11-12-18-17-8-5-6-10-20(17)27-22(18)21;1-13-10-11-16-15-7-4-5-9-18(15)25-20(16)19(13)24-14(2)23(3)21-17(24)8-6-12-22-21;1-13-10-11-16-15-7-4-5-9-18(15)25-20(16)19(13)24-14(2)23(3)17-8-6-12-22-21(17)24/h3*5-14,16H,1-4H3;2*4-12,14H,1-3H3/i3*14D;2*3D3. The Morgan fingerprint density at radius 3 is 0.809 bits per heavy atom. The van der Waals surface area contributed by atoms with E-state index in [1.165, 1.54) is 9.80 Å². The number of hydrogen-bond acceptors (Lipinski definition) is 20. The predicted molar refractivity (Wildman–Crippen MR) is 541 cm³/mol. The first-order chi connectivity index (χ1) is 66.9. The minimum absolute atomic E-state index is 0.0603. The molecule has 5 unspecified atom stereocenters. The molecule has 5 aliphatic heterocycles. The van der Waals surface area contributed by atoms with E-state index >= 15 is 0 Å². The van der Waals surface area contributed by atoms with Gasteiger partial charge in [0.1, 0.15) is 58.7 Å². The van der Waals surface area contributed by atoms with Crippen LogP contribution in [0.1, 0.15) is 116 Å². The van der Waals surface area contributed by atoms with Gasteiger partial charge in [-0.1, -0.05) is 152 Å². The van der Waals surface area contributed by atoms with Gasteiger partial charge in [0.2, 0.25) is 0 Å². The Hall–Kier alpha value is -15.1. The third-order valence-electron chi connectivity index (χ3n) is 26.3. The van der Waals surface area contributed by atoms with Gasteiger partial charge in [-0.2, -0.15) is 0 Å². The van der Waals surface area contributed by atoms with E-state index < -0.39 is 44.3 Å². The van der Waals surface area contributed by atoms with Gasteiger partial charge in [-0.15, -0.1) is 0 Å². The van der Waals surface area contributed by atoms with Crippen molar-refractivity contribution >= 4 is 196 Å². The highest BCUT2D eigenvalue weighted by atomic mass is 16.3. The molecule has 20 aromatic rings. The van der Waals surface area contributed by atoms with E-state index in [0.717, 1.165) is 206 Å². The summed E-state index contributed by atoms with van der Waals surface area (Å²) in [4.78, 5) is 42.7. The van der Waals surface area contributed by atoms with Crippen molar-refractivity contribution in [1.29, 1.82) is 0 Å². The van der Waals surface area contributed by atoms with E-state index in [2.05, 4.69) is 165 Å². The van der Waals surface area contributed by atoms with Crippen LogP contribution < -0.4 is 49.0 Å². The molecule has 0 bridgehead atoms. The number of aryl methyl sites for hydroxylation is 5. The fourth-order valence-electron chi connectivity index (χ4n) is 20.4. The molecule has 0 spiro atoms. The molecule has 20 nitrogen and oxygen atoms in total. The van der Waals surface area contributed by atoms with Crippen molar-refractivity contribution in [2.75, 3.05) is 63.0 Å². The monoisotopic (exact) mass is 1740 g/mol. The first kappa shape index (κ1) is 72.9. The van der Waals surface area contributed by atoms with E-state index in [0.29, 0.717) is 17.3 Å². The average molecular weight is 1740 g/mol. The van der Waals surface area contributed by atoms with Gasteiger partial charge < -0.3 is 71.1 Å². The number of benzene rings is 10. The zero-order valence-corrected chi connectivity index (χ0v) is 76.1. The van der Waals surface area contributed by atoms with Crippen LogP contribution in [0.4, 0.5) is 86.0 Å². The molecule has 656 valence electrons. The Morgan fingerprint density at radius 1 is 0.244 bits per heavy atom. The number of rotatable bonds is 8. The van der Waals surface area contributed by atoms with Crippen molar-refractivity contribution in [3.63, 3.8) is 0 Å². The van der Waals surface area contributed by atoms with Gasteiger partial charge >= 0.3 is 0 Å². The lowest BCUT2D eigenvalue weighted by Gasteiger charge is -2.33. The number of anilines is 15. The van der Waals surface area contributed by atoms with Crippen LogP contribution in [0.2, 0.25) is 0 Å². The smallest absolute Gasteiger partial charge is 0.159 e. The second kappa shape index (κ2) is 32.6. The van der Waals surface area contributed by atoms with Crippen molar-refractivity contribution in [3.8, 4) is 0 Å². The highest BCUT2D eigenvalue weighted by molar-refractivity contribution is 6.16. The minimum Gasteiger partial charge on any atom is -0.454 e. The van der Waals surface area contributed by atoms with Gasteiger partial charge in [-0.3, -0.25) is 0 Å². The predicted octanol–water partition coefficient (Wildman–Crippen LogP) is 28.5. The van der Waals surface area contributed by atoms with Crippen molar-refractivity contribution in [2.45, 2.75) is 160 Å². The average Bonchev–Trinajstić information content (AvgIpc) is 1.59. The summed E-state index contributed by atoms with van der Waals surface area (Å²) in [6.07, 6.45) is 7.69. The van der Waals surface area contributed by atoms with Gasteiger partial charge in [0, 0.05) is 125 Å².